The van der Waals surface area contributed by atoms with Crippen molar-refractivity contribution in [2.45, 2.75) is 32.7 Å². The van der Waals surface area contributed by atoms with E-state index in [1.807, 2.05) is 26.0 Å². The molecule has 1 aliphatic rings. The Kier molecular flexibility index (Phi) is 9.11. The molecule has 35 heavy (non-hydrogen) atoms. The average Bonchev–Trinajstić information content (AvgIpc) is 2.91. The Bertz CT molecular complexity index is 1030. The van der Waals surface area contributed by atoms with Crippen molar-refractivity contribution in [1.82, 2.24) is 15.1 Å². The molecule has 3 amide bonds. The fourth-order valence-corrected chi connectivity index (χ4v) is 4.53. The van der Waals surface area contributed by atoms with E-state index in [9.17, 15) is 14.4 Å². The minimum atomic E-state index is -0.669. The fraction of sp³-hybridized carbons (Fsp3) is 0.444. The van der Waals surface area contributed by atoms with Crippen LogP contribution in [0.25, 0.3) is 0 Å². The van der Waals surface area contributed by atoms with Crippen LogP contribution < -0.4 is 14.8 Å². The molecule has 2 aromatic carbocycles. The largest absolute Gasteiger partial charge is 0.497 e. The molecule has 0 unspecified atom stereocenters. The van der Waals surface area contributed by atoms with Crippen molar-refractivity contribution in [2.24, 2.45) is 5.92 Å². The summed E-state index contributed by atoms with van der Waals surface area (Å²) in [5.41, 5.74) is 0.959. The van der Waals surface area contributed by atoms with Gasteiger partial charge < -0.3 is 24.6 Å². The number of likely N-dealkylation sites (N-methyl/N-ethyl adjacent to an activating group) is 1. The smallest absolute Gasteiger partial charge is 0.257 e. The van der Waals surface area contributed by atoms with Gasteiger partial charge >= 0.3 is 0 Å². The highest BCUT2D eigenvalue weighted by Gasteiger charge is 2.36. The van der Waals surface area contributed by atoms with Gasteiger partial charge in [0.05, 0.1) is 19.8 Å². The third-order valence-corrected chi connectivity index (χ3v) is 6.60. The van der Waals surface area contributed by atoms with Crippen LogP contribution in [0.4, 0.5) is 0 Å². The molecule has 0 saturated carbocycles. The maximum absolute atomic E-state index is 13.4. The molecule has 188 valence electrons. The van der Waals surface area contributed by atoms with E-state index in [1.165, 1.54) is 0 Å². The molecule has 1 N–H and O–H groups in total. The monoisotopic (exact) mass is 481 g/mol. The van der Waals surface area contributed by atoms with Gasteiger partial charge in [0.2, 0.25) is 5.91 Å². The van der Waals surface area contributed by atoms with E-state index in [1.54, 1.807) is 60.4 Å². The second-order valence-corrected chi connectivity index (χ2v) is 8.52. The topological polar surface area (TPSA) is 88.2 Å². The Morgan fingerprint density at radius 2 is 1.69 bits per heavy atom. The van der Waals surface area contributed by atoms with Crippen molar-refractivity contribution in [3.63, 3.8) is 0 Å². The molecule has 1 saturated heterocycles. The van der Waals surface area contributed by atoms with Crippen molar-refractivity contribution in [3.05, 3.63) is 59.7 Å². The van der Waals surface area contributed by atoms with E-state index >= 15 is 0 Å². The summed E-state index contributed by atoms with van der Waals surface area (Å²) in [4.78, 5) is 43.1. The Labute approximate surface area is 207 Å². The number of likely N-dealkylation sites (tertiary alicyclic amines) is 1. The fourth-order valence-electron chi connectivity index (χ4n) is 4.53. The molecule has 8 heteroatoms. The molecule has 1 aliphatic heterocycles. The zero-order chi connectivity index (χ0) is 25.4. The number of hydrogen-bond acceptors (Lipinski definition) is 5. The van der Waals surface area contributed by atoms with Crippen LogP contribution in [-0.2, 0) is 4.79 Å². The van der Waals surface area contributed by atoms with Crippen molar-refractivity contribution in [3.8, 4) is 11.5 Å². The summed E-state index contributed by atoms with van der Waals surface area (Å²) in [6, 6.07) is 13.4. The Morgan fingerprint density at radius 3 is 2.31 bits per heavy atom. The van der Waals surface area contributed by atoms with Crippen LogP contribution in [0.3, 0.4) is 0 Å². The molecule has 0 aliphatic carbocycles. The van der Waals surface area contributed by atoms with Gasteiger partial charge in [-0.3, -0.25) is 14.4 Å². The molecule has 0 radical (unpaired) electrons. The van der Waals surface area contributed by atoms with Gasteiger partial charge in [0.1, 0.15) is 17.5 Å². The maximum atomic E-state index is 13.4. The van der Waals surface area contributed by atoms with E-state index in [0.717, 1.165) is 0 Å². The number of hydrogen-bond donors (Lipinski definition) is 1. The number of rotatable bonds is 9. The first-order valence-electron chi connectivity index (χ1n) is 12.1. The average molecular weight is 482 g/mol. The highest BCUT2D eigenvalue weighted by Crippen LogP contribution is 2.26. The number of nitrogens with one attached hydrogen (secondary N) is 1. The molecule has 8 nitrogen and oxygen atoms in total. The van der Waals surface area contributed by atoms with Crippen molar-refractivity contribution < 1.29 is 23.9 Å². The Balaban J connectivity index is 1.75. The number of methoxy groups -OCH3 is 2. The van der Waals surface area contributed by atoms with E-state index in [4.69, 9.17) is 9.47 Å². The van der Waals surface area contributed by atoms with Crippen LogP contribution in [0.5, 0.6) is 11.5 Å². The molecule has 1 heterocycles. The molecular formula is C27H35N3O5. The zero-order valence-corrected chi connectivity index (χ0v) is 21.0. The van der Waals surface area contributed by atoms with Gasteiger partial charge in [-0.05, 0) is 62.9 Å². The molecule has 3 rings (SSSR count). The molecular weight excluding hydrogens is 446 g/mol. The van der Waals surface area contributed by atoms with Gasteiger partial charge in [-0.15, -0.1) is 0 Å². The van der Waals surface area contributed by atoms with E-state index in [0.29, 0.717) is 61.6 Å². The predicted octanol–water partition coefficient (Wildman–Crippen LogP) is 3.22. The number of piperidine rings is 1. The lowest BCUT2D eigenvalue weighted by molar-refractivity contribution is -0.134. The minimum Gasteiger partial charge on any atom is -0.497 e. The molecule has 0 bridgehead atoms. The van der Waals surface area contributed by atoms with Gasteiger partial charge in [0.15, 0.2) is 0 Å². The summed E-state index contributed by atoms with van der Waals surface area (Å²) < 4.78 is 10.6. The summed E-state index contributed by atoms with van der Waals surface area (Å²) in [6.07, 6.45) is 1.22. The van der Waals surface area contributed by atoms with Crippen LogP contribution in [0.15, 0.2) is 48.5 Å². The maximum Gasteiger partial charge on any atom is 0.257 e. The number of carbonyl (C=O) groups excluding carboxylic acids is 3. The highest BCUT2D eigenvalue weighted by molar-refractivity contribution is 5.98. The lowest BCUT2D eigenvalue weighted by Crippen LogP contribution is -2.54. The summed E-state index contributed by atoms with van der Waals surface area (Å²) in [7, 11) is 3.09. The number of para-hydroxylation sites is 1. The zero-order valence-electron chi connectivity index (χ0n) is 21.0. The van der Waals surface area contributed by atoms with Crippen LogP contribution in [-0.4, -0.2) is 74.0 Å². The molecule has 0 spiro atoms. The van der Waals surface area contributed by atoms with E-state index in [-0.39, 0.29) is 23.6 Å². The van der Waals surface area contributed by atoms with E-state index in [2.05, 4.69) is 5.32 Å². The molecule has 1 atom stereocenters. The van der Waals surface area contributed by atoms with Gasteiger partial charge in [0.25, 0.3) is 11.8 Å². The first kappa shape index (κ1) is 26.1. The normalized spacial score (nSPS) is 14.7. The standard InChI is InChI=1S/C27H35N3O5/c1-5-29(6-2)27(33)24(28-25(31)20-10-9-11-21(18-20)34-3)19-14-16-30(17-15-19)26(32)22-12-7-8-13-23(22)35-4/h7-13,18-19,24H,5-6,14-17H2,1-4H3,(H,28,31)/t24-/m0/s1. The Hall–Kier alpha value is -3.55. The Morgan fingerprint density at radius 1 is 1.00 bits per heavy atom. The summed E-state index contributed by atoms with van der Waals surface area (Å²) in [6.45, 7) is 5.98. The predicted molar refractivity (Wildman–Crippen MR) is 134 cm³/mol. The van der Waals surface area contributed by atoms with Crippen LogP contribution in [0.1, 0.15) is 47.4 Å². The summed E-state index contributed by atoms with van der Waals surface area (Å²) >= 11 is 0. The number of carbonyl (C=O) groups is 3. The molecule has 0 aromatic heterocycles. The van der Waals surface area contributed by atoms with Crippen LogP contribution in [0.2, 0.25) is 0 Å². The van der Waals surface area contributed by atoms with Gasteiger partial charge in [-0.25, -0.2) is 0 Å². The van der Waals surface area contributed by atoms with Gasteiger partial charge in [-0.1, -0.05) is 18.2 Å². The number of amides is 3. The third-order valence-electron chi connectivity index (χ3n) is 6.60. The van der Waals surface area contributed by atoms with Gasteiger partial charge in [-0.2, -0.15) is 0 Å². The third kappa shape index (κ3) is 6.12. The first-order chi connectivity index (χ1) is 16.9. The van der Waals surface area contributed by atoms with Crippen molar-refractivity contribution in [2.75, 3.05) is 40.4 Å². The number of nitrogens with zero attached hydrogens (tertiary/aromatic N) is 2. The van der Waals surface area contributed by atoms with E-state index < -0.39 is 6.04 Å². The number of benzene rings is 2. The molecule has 1 fully saturated rings. The quantitative estimate of drug-likeness (QED) is 0.594. The minimum absolute atomic E-state index is 0.0839. The highest BCUT2D eigenvalue weighted by atomic mass is 16.5. The lowest BCUT2D eigenvalue weighted by Gasteiger charge is -2.37. The van der Waals surface area contributed by atoms with Crippen LogP contribution in [0, 0.1) is 5.92 Å². The second kappa shape index (κ2) is 12.2. The summed E-state index contributed by atoms with van der Waals surface area (Å²) in [5.74, 6) is 0.530. The SMILES string of the molecule is CCN(CC)C(=O)[C@@H](NC(=O)c1cccc(OC)c1)C1CCN(C(=O)c2ccccc2OC)CC1. The summed E-state index contributed by atoms with van der Waals surface area (Å²) in [5, 5.41) is 2.99. The van der Waals surface area contributed by atoms with Crippen molar-refractivity contribution in [1.29, 1.82) is 0 Å². The molecule has 2 aromatic rings. The lowest BCUT2D eigenvalue weighted by atomic mass is 9.87. The second-order valence-electron chi connectivity index (χ2n) is 8.52. The number of ether oxygens (including phenoxy) is 2. The van der Waals surface area contributed by atoms with Crippen molar-refractivity contribution >= 4 is 17.7 Å². The van der Waals surface area contributed by atoms with Gasteiger partial charge in [0, 0.05) is 31.7 Å². The van der Waals surface area contributed by atoms with Crippen LogP contribution >= 0.6 is 0 Å². The first-order valence-corrected chi connectivity index (χ1v) is 12.1.